The van der Waals surface area contributed by atoms with Crippen LogP contribution in [-0.2, 0) is 0 Å². The Morgan fingerprint density at radius 2 is 1.52 bits per heavy atom. The van der Waals surface area contributed by atoms with Gasteiger partial charge in [-0.15, -0.1) is 0 Å². The summed E-state index contributed by atoms with van der Waals surface area (Å²) in [4.78, 5) is 0. The minimum Gasteiger partial charge on any atom is -0.486 e. The normalized spacial score (nSPS) is 29.1. The first-order valence-corrected chi connectivity index (χ1v) is 10.9. The maximum Gasteiger partial charge on any atom is 0.200 e. The van der Waals surface area contributed by atoms with Crippen molar-refractivity contribution in [3.05, 3.63) is 41.0 Å². The van der Waals surface area contributed by atoms with E-state index >= 15 is 0 Å². The van der Waals surface area contributed by atoms with Gasteiger partial charge in [0.25, 0.3) is 0 Å². The van der Waals surface area contributed by atoms with Crippen LogP contribution in [0.5, 0.6) is 5.75 Å². The molecule has 3 aliphatic rings. The van der Waals surface area contributed by atoms with Crippen LogP contribution in [0.2, 0.25) is 0 Å². The Balaban J connectivity index is 1.25. The van der Waals surface area contributed by atoms with Crippen molar-refractivity contribution in [3.63, 3.8) is 0 Å². The molecule has 1 aromatic rings. The summed E-state index contributed by atoms with van der Waals surface area (Å²) in [5.41, 5.74) is 1.54. The highest BCUT2D eigenvalue weighted by Gasteiger charge is 2.33. The molecule has 0 heterocycles. The zero-order valence-corrected chi connectivity index (χ0v) is 16.5. The molecule has 0 saturated heterocycles. The van der Waals surface area contributed by atoms with E-state index in [9.17, 15) is 8.78 Å². The van der Waals surface area contributed by atoms with Crippen LogP contribution in [0.25, 0.3) is 0 Å². The van der Waals surface area contributed by atoms with Gasteiger partial charge in [0.2, 0.25) is 5.82 Å². The number of hydrogen-bond acceptors (Lipinski definition) is 1. The van der Waals surface area contributed by atoms with E-state index in [2.05, 4.69) is 6.08 Å². The fraction of sp³-hybridized carbons (Fsp3) is 0.667. The highest BCUT2D eigenvalue weighted by molar-refractivity contribution is 5.30. The lowest BCUT2D eigenvalue weighted by Crippen LogP contribution is -2.29. The molecule has 1 unspecified atom stereocenters. The molecule has 3 aliphatic carbocycles. The quantitative estimate of drug-likeness (QED) is 0.505. The second-order valence-corrected chi connectivity index (χ2v) is 9.06. The number of ether oxygens (including phenoxy) is 1. The third-order valence-electron chi connectivity index (χ3n) is 7.50. The molecular weight excluding hydrogens is 342 g/mol. The smallest absolute Gasteiger partial charge is 0.200 e. The van der Waals surface area contributed by atoms with Crippen LogP contribution in [-0.4, -0.2) is 6.61 Å². The molecule has 2 saturated carbocycles. The molecule has 1 aromatic carbocycles. The summed E-state index contributed by atoms with van der Waals surface area (Å²) >= 11 is 0. The van der Waals surface area contributed by atoms with Gasteiger partial charge >= 0.3 is 0 Å². The van der Waals surface area contributed by atoms with Crippen molar-refractivity contribution in [1.82, 2.24) is 0 Å². The van der Waals surface area contributed by atoms with Crippen molar-refractivity contribution in [3.8, 4) is 5.75 Å². The van der Waals surface area contributed by atoms with Gasteiger partial charge in [0.1, 0.15) is 6.61 Å². The van der Waals surface area contributed by atoms with E-state index < -0.39 is 11.6 Å². The van der Waals surface area contributed by atoms with Gasteiger partial charge < -0.3 is 4.74 Å². The minimum atomic E-state index is -0.868. The van der Waals surface area contributed by atoms with Crippen molar-refractivity contribution in [2.75, 3.05) is 6.61 Å². The number of allylic oxidation sites excluding steroid dienone is 1. The number of halogens is 2. The maximum absolute atomic E-state index is 13.9. The van der Waals surface area contributed by atoms with Crippen molar-refractivity contribution < 1.29 is 13.5 Å². The summed E-state index contributed by atoms with van der Waals surface area (Å²) in [6, 6.07) is 3.10. The molecule has 0 radical (unpaired) electrons. The monoisotopic (exact) mass is 374 g/mol. The summed E-state index contributed by atoms with van der Waals surface area (Å²) in [5.74, 6) is 2.12. The lowest BCUT2D eigenvalue weighted by Gasteiger charge is -2.41. The third kappa shape index (κ3) is 4.22. The Labute approximate surface area is 162 Å². The lowest BCUT2D eigenvalue weighted by atomic mass is 9.65. The first-order valence-electron chi connectivity index (χ1n) is 10.9. The first kappa shape index (κ1) is 19.0. The lowest BCUT2D eigenvalue weighted by molar-refractivity contribution is 0.114. The van der Waals surface area contributed by atoms with Crippen LogP contribution in [0, 0.1) is 42.2 Å². The van der Waals surface area contributed by atoms with Crippen LogP contribution < -0.4 is 4.74 Å². The van der Waals surface area contributed by atoms with E-state index in [1.54, 1.807) is 13.0 Å². The second kappa shape index (κ2) is 8.32. The van der Waals surface area contributed by atoms with Crippen molar-refractivity contribution >= 4 is 0 Å². The molecule has 1 atom stereocenters. The topological polar surface area (TPSA) is 9.23 Å². The highest BCUT2D eigenvalue weighted by atomic mass is 19.2. The van der Waals surface area contributed by atoms with Gasteiger partial charge in [-0.3, -0.25) is 0 Å². The van der Waals surface area contributed by atoms with E-state index in [-0.39, 0.29) is 5.75 Å². The Hall–Kier alpha value is -1.38. The van der Waals surface area contributed by atoms with E-state index in [1.165, 1.54) is 63.0 Å². The van der Waals surface area contributed by atoms with Crippen LogP contribution in [0.4, 0.5) is 8.78 Å². The van der Waals surface area contributed by atoms with Gasteiger partial charge in [-0.1, -0.05) is 31.4 Å². The molecule has 0 spiro atoms. The third-order valence-corrected chi connectivity index (χ3v) is 7.50. The molecule has 27 heavy (non-hydrogen) atoms. The summed E-state index contributed by atoms with van der Waals surface area (Å²) in [7, 11) is 0. The molecule has 3 heteroatoms. The largest absolute Gasteiger partial charge is 0.486 e. The molecule has 0 N–H and O–H groups in total. The molecule has 0 aliphatic heterocycles. The SMILES string of the molecule is Cc1ccc(OCC2=CCC(C3CCC(C4CCC4)CC3)CC2)c(F)c1F. The minimum absolute atomic E-state index is 0.0236. The van der Waals surface area contributed by atoms with Gasteiger partial charge in [0.15, 0.2) is 11.6 Å². The summed E-state index contributed by atoms with van der Waals surface area (Å²) < 4.78 is 33.1. The average Bonchev–Trinajstić information content (AvgIpc) is 2.65. The molecular formula is C24H32F2O. The zero-order valence-electron chi connectivity index (χ0n) is 16.5. The summed E-state index contributed by atoms with van der Waals surface area (Å²) in [5, 5.41) is 0. The van der Waals surface area contributed by atoms with Crippen LogP contribution in [0.3, 0.4) is 0 Å². The molecule has 0 amide bonds. The summed E-state index contributed by atoms with van der Waals surface area (Å²) in [6.45, 7) is 1.94. The van der Waals surface area contributed by atoms with Crippen LogP contribution >= 0.6 is 0 Å². The Morgan fingerprint density at radius 1 is 0.852 bits per heavy atom. The molecule has 2 fully saturated rings. The maximum atomic E-state index is 13.9. The second-order valence-electron chi connectivity index (χ2n) is 9.06. The van der Waals surface area contributed by atoms with Gasteiger partial charge in [-0.2, -0.15) is 4.39 Å². The fourth-order valence-corrected chi connectivity index (χ4v) is 5.38. The summed E-state index contributed by atoms with van der Waals surface area (Å²) in [6.07, 6.45) is 15.8. The first-order chi connectivity index (χ1) is 13.1. The van der Waals surface area contributed by atoms with Gasteiger partial charge in [-0.25, -0.2) is 4.39 Å². The average molecular weight is 375 g/mol. The van der Waals surface area contributed by atoms with Gasteiger partial charge in [0, 0.05) is 0 Å². The van der Waals surface area contributed by atoms with Crippen LogP contribution in [0.15, 0.2) is 23.8 Å². The molecule has 0 aromatic heterocycles. The number of hydrogen-bond donors (Lipinski definition) is 0. The Bertz CT molecular complexity index is 684. The number of aryl methyl sites for hydroxylation is 1. The van der Waals surface area contributed by atoms with Gasteiger partial charge in [-0.05, 0) is 92.7 Å². The van der Waals surface area contributed by atoms with Crippen molar-refractivity contribution in [2.24, 2.45) is 23.7 Å². The van der Waals surface area contributed by atoms with E-state index in [1.807, 2.05) is 0 Å². The Morgan fingerprint density at radius 3 is 2.11 bits per heavy atom. The number of benzene rings is 1. The van der Waals surface area contributed by atoms with E-state index in [4.69, 9.17) is 4.74 Å². The molecule has 4 rings (SSSR count). The van der Waals surface area contributed by atoms with Crippen molar-refractivity contribution in [1.29, 1.82) is 0 Å². The predicted molar refractivity (Wildman–Crippen MR) is 105 cm³/mol. The highest BCUT2D eigenvalue weighted by Crippen LogP contribution is 2.45. The van der Waals surface area contributed by atoms with E-state index in [0.717, 1.165) is 36.5 Å². The molecule has 148 valence electrons. The number of rotatable bonds is 5. The molecule has 1 nitrogen and oxygen atoms in total. The standard InChI is InChI=1S/C24H32F2O/c1-16-5-14-22(24(26)23(16)25)27-15-17-6-8-19(9-7-17)21-12-10-20(11-13-21)18-3-2-4-18/h5-6,14,18-21H,2-4,7-13,15H2,1H3. The van der Waals surface area contributed by atoms with Gasteiger partial charge in [0.05, 0.1) is 0 Å². The van der Waals surface area contributed by atoms with Crippen molar-refractivity contribution in [2.45, 2.75) is 71.1 Å². The zero-order chi connectivity index (χ0) is 18.8. The van der Waals surface area contributed by atoms with E-state index in [0.29, 0.717) is 12.2 Å². The Kier molecular flexibility index (Phi) is 5.85. The van der Waals surface area contributed by atoms with Crippen LogP contribution in [0.1, 0.15) is 69.8 Å². The molecule has 0 bridgehead atoms. The predicted octanol–water partition coefficient (Wildman–Crippen LogP) is 6.99. The fourth-order valence-electron chi connectivity index (χ4n) is 5.38.